The molecule has 4 rings (SSSR count). The minimum absolute atomic E-state index is 0.0478. The third kappa shape index (κ3) is 2.88. The van der Waals surface area contributed by atoms with Gasteiger partial charge in [0.2, 0.25) is 14.2 Å². The first-order valence-corrected chi connectivity index (χ1v) is 10.5. The lowest BCUT2D eigenvalue weighted by atomic mass is 9.95. The second-order valence-corrected chi connectivity index (χ2v) is 9.60. The highest BCUT2D eigenvalue weighted by Crippen LogP contribution is 2.52. The Kier molecular flexibility index (Phi) is 3.94. The summed E-state index contributed by atoms with van der Waals surface area (Å²) in [7, 11) is -3.63. The second kappa shape index (κ2) is 5.90. The molecular formula is C18H15ClN2O2S2. The maximum Gasteiger partial charge on any atom is 0.235 e. The number of aryl methyl sites for hydroxylation is 1. The van der Waals surface area contributed by atoms with E-state index in [4.69, 9.17) is 11.6 Å². The van der Waals surface area contributed by atoms with Crippen LogP contribution in [0, 0.1) is 6.92 Å². The van der Waals surface area contributed by atoms with Crippen molar-refractivity contribution in [2.24, 2.45) is 0 Å². The molecule has 0 amide bonds. The van der Waals surface area contributed by atoms with Gasteiger partial charge in [-0.1, -0.05) is 41.4 Å². The van der Waals surface area contributed by atoms with E-state index in [1.54, 1.807) is 24.3 Å². The van der Waals surface area contributed by atoms with Crippen LogP contribution in [0.25, 0.3) is 0 Å². The molecule has 0 unspecified atom stereocenters. The number of benzene rings is 2. The maximum absolute atomic E-state index is 12.8. The lowest BCUT2D eigenvalue weighted by molar-refractivity contribution is 0.594. The smallest absolute Gasteiger partial charge is 0.216 e. The van der Waals surface area contributed by atoms with Crippen LogP contribution in [0.15, 0.2) is 57.8 Å². The molecule has 0 atom stereocenters. The molecular weight excluding hydrogens is 376 g/mol. The largest absolute Gasteiger partial charge is 0.235 e. The Balaban J connectivity index is 1.71. The number of rotatable bonds is 4. The molecule has 1 aliphatic carbocycles. The Labute approximate surface area is 155 Å². The number of halogens is 1. The van der Waals surface area contributed by atoms with Gasteiger partial charge in [0, 0.05) is 5.02 Å². The van der Waals surface area contributed by atoms with Crippen molar-refractivity contribution >= 4 is 33.0 Å². The van der Waals surface area contributed by atoms with Gasteiger partial charge in [-0.3, -0.25) is 0 Å². The van der Waals surface area contributed by atoms with Gasteiger partial charge in [-0.2, -0.15) is 4.37 Å². The fourth-order valence-electron chi connectivity index (χ4n) is 2.87. The van der Waals surface area contributed by atoms with Gasteiger partial charge < -0.3 is 0 Å². The first-order valence-electron chi connectivity index (χ1n) is 7.84. The fraction of sp³-hybridized carbons (Fsp3) is 0.222. The molecule has 3 aromatic rings. The maximum atomic E-state index is 12.8. The highest BCUT2D eigenvalue weighted by Gasteiger charge is 2.49. The van der Waals surface area contributed by atoms with E-state index in [1.807, 2.05) is 31.2 Å². The standard InChI is InChI=1S/C18H15ClN2O2S2/c1-12-2-8-15(9-3-12)25(22,23)17-20-16(21-24-17)18(10-11-18)13-4-6-14(19)7-5-13/h2-9H,10-11H2,1H3. The molecule has 0 saturated heterocycles. The van der Waals surface area contributed by atoms with Crippen LogP contribution in [0.3, 0.4) is 0 Å². The molecule has 0 N–H and O–H groups in total. The topological polar surface area (TPSA) is 59.9 Å². The van der Waals surface area contributed by atoms with Gasteiger partial charge in [0.25, 0.3) is 0 Å². The van der Waals surface area contributed by atoms with Crippen LogP contribution in [-0.4, -0.2) is 17.8 Å². The van der Waals surface area contributed by atoms with Crippen molar-refractivity contribution in [3.8, 4) is 0 Å². The van der Waals surface area contributed by atoms with Gasteiger partial charge in [-0.25, -0.2) is 13.4 Å². The lowest BCUT2D eigenvalue weighted by Gasteiger charge is -2.11. The molecule has 0 spiro atoms. The van der Waals surface area contributed by atoms with Crippen molar-refractivity contribution in [1.29, 1.82) is 0 Å². The number of nitrogens with zero attached hydrogens (tertiary/aromatic N) is 2. The van der Waals surface area contributed by atoms with Crippen LogP contribution in [-0.2, 0) is 15.3 Å². The molecule has 0 bridgehead atoms. The van der Waals surface area contributed by atoms with E-state index in [0.29, 0.717) is 10.8 Å². The van der Waals surface area contributed by atoms with E-state index in [9.17, 15) is 8.42 Å². The van der Waals surface area contributed by atoms with Crippen LogP contribution in [0.5, 0.6) is 0 Å². The van der Waals surface area contributed by atoms with E-state index < -0.39 is 9.84 Å². The molecule has 7 heteroatoms. The van der Waals surface area contributed by atoms with Crippen molar-refractivity contribution in [3.63, 3.8) is 0 Å². The van der Waals surface area contributed by atoms with Gasteiger partial charge >= 0.3 is 0 Å². The minimum atomic E-state index is -3.63. The third-order valence-corrected chi connectivity index (χ3v) is 7.63. The summed E-state index contributed by atoms with van der Waals surface area (Å²) in [6.45, 7) is 1.92. The Morgan fingerprint density at radius 3 is 2.28 bits per heavy atom. The number of sulfone groups is 1. The van der Waals surface area contributed by atoms with Crippen LogP contribution in [0.4, 0.5) is 0 Å². The first-order chi connectivity index (χ1) is 11.9. The highest BCUT2D eigenvalue weighted by molar-refractivity contribution is 7.93. The zero-order valence-electron chi connectivity index (χ0n) is 13.4. The molecule has 1 heterocycles. The molecule has 0 radical (unpaired) electrons. The molecule has 25 heavy (non-hydrogen) atoms. The average molecular weight is 391 g/mol. The van der Waals surface area contributed by atoms with E-state index in [0.717, 1.165) is 35.5 Å². The van der Waals surface area contributed by atoms with Crippen molar-refractivity contribution in [3.05, 3.63) is 70.5 Å². The number of hydrogen-bond acceptors (Lipinski definition) is 5. The first kappa shape index (κ1) is 16.7. The highest BCUT2D eigenvalue weighted by atomic mass is 35.5. The van der Waals surface area contributed by atoms with Gasteiger partial charge in [0.05, 0.1) is 10.3 Å². The Hall–Kier alpha value is -1.76. The Morgan fingerprint density at radius 2 is 1.68 bits per heavy atom. The van der Waals surface area contributed by atoms with E-state index in [1.165, 1.54) is 0 Å². The molecule has 1 aromatic heterocycles. The molecule has 1 fully saturated rings. The van der Waals surface area contributed by atoms with Gasteiger partial charge in [0.1, 0.15) is 0 Å². The van der Waals surface area contributed by atoms with Crippen molar-refractivity contribution < 1.29 is 8.42 Å². The van der Waals surface area contributed by atoms with Gasteiger partial charge in [-0.05, 0) is 61.1 Å². The molecule has 128 valence electrons. The van der Waals surface area contributed by atoms with Crippen molar-refractivity contribution in [1.82, 2.24) is 9.36 Å². The molecule has 4 nitrogen and oxygen atoms in total. The predicted octanol–water partition coefficient (Wildman–Crippen LogP) is 4.41. The summed E-state index contributed by atoms with van der Waals surface area (Å²) >= 11 is 6.91. The quantitative estimate of drug-likeness (QED) is 0.661. The summed E-state index contributed by atoms with van der Waals surface area (Å²) in [5.74, 6) is 0.588. The van der Waals surface area contributed by atoms with Crippen LogP contribution in [0.2, 0.25) is 5.02 Å². The normalized spacial score (nSPS) is 15.9. The fourth-order valence-corrected chi connectivity index (χ4v) is 5.20. The van der Waals surface area contributed by atoms with Crippen LogP contribution < -0.4 is 0 Å². The molecule has 1 aliphatic rings. The summed E-state index contributed by atoms with van der Waals surface area (Å²) in [5.41, 5.74) is 1.81. The monoisotopic (exact) mass is 390 g/mol. The average Bonchev–Trinajstić information content (AvgIpc) is 3.24. The van der Waals surface area contributed by atoms with E-state index in [-0.39, 0.29) is 14.7 Å². The molecule has 2 aromatic carbocycles. The van der Waals surface area contributed by atoms with Crippen LogP contribution >= 0.6 is 23.1 Å². The van der Waals surface area contributed by atoms with Crippen molar-refractivity contribution in [2.45, 2.75) is 34.4 Å². The summed E-state index contributed by atoms with van der Waals surface area (Å²) in [4.78, 5) is 4.65. The minimum Gasteiger partial charge on any atom is -0.216 e. The number of aromatic nitrogens is 2. The van der Waals surface area contributed by atoms with Gasteiger partial charge in [-0.15, -0.1) is 0 Å². The summed E-state index contributed by atoms with van der Waals surface area (Å²) < 4.78 is 30.0. The lowest BCUT2D eigenvalue weighted by Crippen LogP contribution is -2.11. The second-order valence-electron chi connectivity index (χ2n) is 6.29. The van der Waals surface area contributed by atoms with Gasteiger partial charge in [0.15, 0.2) is 5.82 Å². The SMILES string of the molecule is Cc1ccc(S(=O)(=O)c2nc(C3(c4ccc(Cl)cc4)CC3)ns2)cc1. The predicted molar refractivity (Wildman–Crippen MR) is 98.0 cm³/mol. The molecule has 1 saturated carbocycles. The Morgan fingerprint density at radius 1 is 1.04 bits per heavy atom. The summed E-state index contributed by atoms with van der Waals surface area (Å²) in [6.07, 6.45) is 1.82. The molecule has 0 aliphatic heterocycles. The Bertz CT molecular complexity index is 1020. The summed E-state index contributed by atoms with van der Waals surface area (Å²) in [6, 6.07) is 14.4. The van der Waals surface area contributed by atoms with E-state index >= 15 is 0 Å². The summed E-state index contributed by atoms with van der Waals surface area (Å²) in [5, 5.41) is 0.674. The zero-order chi connectivity index (χ0) is 17.7. The van der Waals surface area contributed by atoms with E-state index in [2.05, 4.69) is 9.36 Å². The third-order valence-electron chi connectivity index (χ3n) is 4.54. The van der Waals surface area contributed by atoms with Crippen LogP contribution in [0.1, 0.15) is 29.8 Å². The number of hydrogen-bond donors (Lipinski definition) is 0. The zero-order valence-corrected chi connectivity index (χ0v) is 15.8. The van der Waals surface area contributed by atoms with Crippen molar-refractivity contribution in [2.75, 3.05) is 0 Å².